The maximum absolute atomic E-state index is 4.78. The van der Waals surface area contributed by atoms with Crippen molar-refractivity contribution in [1.82, 2.24) is 10.3 Å². The Kier molecular flexibility index (Phi) is 3.76. The highest BCUT2D eigenvalue weighted by atomic mass is 32.1. The van der Waals surface area contributed by atoms with E-state index in [1.165, 1.54) is 16.0 Å². The number of nitrogens with one attached hydrogen (secondary N) is 1. The number of fused-ring (bicyclic) bond motifs is 1. The van der Waals surface area contributed by atoms with Gasteiger partial charge in [0.15, 0.2) is 5.13 Å². The highest BCUT2D eigenvalue weighted by Crippen LogP contribution is 2.35. The number of aromatic nitrogens is 1. The van der Waals surface area contributed by atoms with Crippen LogP contribution in [0.4, 0.5) is 5.13 Å². The second-order valence-corrected chi connectivity index (χ2v) is 6.36. The van der Waals surface area contributed by atoms with E-state index in [1.807, 2.05) is 11.3 Å². The molecule has 0 bridgehead atoms. The molecule has 3 rings (SSSR count). The van der Waals surface area contributed by atoms with Gasteiger partial charge in [-0.25, -0.2) is 4.98 Å². The number of thiazole rings is 1. The lowest BCUT2D eigenvalue weighted by molar-refractivity contribution is 0.603. The zero-order valence-electron chi connectivity index (χ0n) is 12.3. The Morgan fingerprint density at radius 2 is 1.95 bits per heavy atom. The van der Waals surface area contributed by atoms with Gasteiger partial charge in [-0.1, -0.05) is 42.5 Å². The standard InChI is InChI=1S/C16H21N3S/c1-4-17-11(2)15-12(3)18-16(20-15)19-9-13-7-5-6-8-14(13)10-19/h5-8,11,17H,4,9-10H2,1-3H3. The third kappa shape index (κ3) is 2.45. The van der Waals surface area contributed by atoms with Gasteiger partial charge in [0, 0.05) is 24.0 Å². The number of anilines is 1. The quantitative estimate of drug-likeness (QED) is 0.930. The fourth-order valence-corrected chi connectivity index (χ4v) is 3.89. The van der Waals surface area contributed by atoms with Gasteiger partial charge in [-0.05, 0) is 31.5 Å². The molecule has 1 aliphatic heterocycles. The molecular formula is C16H21N3S. The van der Waals surface area contributed by atoms with Crippen LogP contribution in [0.25, 0.3) is 0 Å². The van der Waals surface area contributed by atoms with Crippen molar-refractivity contribution in [3.05, 3.63) is 46.0 Å². The maximum atomic E-state index is 4.78. The molecule has 1 aromatic carbocycles. The zero-order chi connectivity index (χ0) is 14.1. The summed E-state index contributed by atoms with van der Waals surface area (Å²) in [6.45, 7) is 9.43. The predicted octanol–water partition coefficient (Wildman–Crippen LogP) is 3.64. The number of hydrogen-bond donors (Lipinski definition) is 1. The molecular weight excluding hydrogens is 266 g/mol. The monoisotopic (exact) mass is 287 g/mol. The number of benzene rings is 1. The molecule has 0 saturated heterocycles. The minimum Gasteiger partial charge on any atom is -0.339 e. The number of nitrogens with zero attached hydrogens (tertiary/aromatic N) is 2. The van der Waals surface area contributed by atoms with Gasteiger partial charge in [-0.2, -0.15) is 0 Å². The second-order valence-electron chi connectivity index (χ2n) is 5.35. The molecule has 3 nitrogen and oxygen atoms in total. The van der Waals surface area contributed by atoms with Crippen LogP contribution < -0.4 is 10.2 Å². The van der Waals surface area contributed by atoms with Gasteiger partial charge in [0.2, 0.25) is 0 Å². The highest BCUT2D eigenvalue weighted by molar-refractivity contribution is 7.15. The zero-order valence-corrected chi connectivity index (χ0v) is 13.1. The summed E-state index contributed by atoms with van der Waals surface area (Å²) in [5.74, 6) is 0. The van der Waals surface area contributed by atoms with Crippen molar-refractivity contribution in [2.45, 2.75) is 39.9 Å². The molecule has 0 amide bonds. The van der Waals surface area contributed by atoms with Gasteiger partial charge in [0.25, 0.3) is 0 Å². The Hall–Kier alpha value is -1.39. The van der Waals surface area contributed by atoms with E-state index < -0.39 is 0 Å². The molecule has 0 saturated carbocycles. The van der Waals surface area contributed by atoms with Crippen LogP contribution >= 0.6 is 11.3 Å². The fourth-order valence-electron chi connectivity index (χ4n) is 2.80. The van der Waals surface area contributed by atoms with E-state index in [9.17, 15) is 0 Å². The van der Waals surface area contributed by atoms with Crippen molar-refractivity contribution in [3.63, 3.8) is 0 Å². The average Bonchev–Trinajstić information content (AvgIpc) is 3.02. The molecule has 0 spiro atoms. The molecule has 1 aromatic heterocycles. The van der Waals surface area contributed by atoms with E-state index >= 15 is 0 Å². The normalized spacial score (nSPS) is 15.4. The summed E-state index contributed by atoms with van der Waals surface area (Å²) in [6.07, 6.45) is 0. The first-order valence-electron chi connectivity index (χ1n) is 7.21. The molecule has 2 aromatic rings. The lowest BCUT2D eigenvalue weighted by Crippen LogP contribution is -2.17. The lowest BCUT2D eigenvalue weighted by Gasteiger charge is -2.13. The van der Waals surface area contributed by atoms with E-state index in [0.717, 1.165) is 30.5 Å². The summed E-state index contributed by atoms with van der Waals surface area (Å²) in [5.41, 5.74) is 4.03. The number of hydrogen-bond acceptors (Lipinski definition) is 4. The van der Waals surface area contributed by atoms with Crippen LogP contribution in [0.1, 0.15) is 41.6 Å². The number of aryl methyl sites for hydroxylation is 1. The van der Waals surface area contributed by atoms with E-state index in [1.54, 1.807) is 0 Å². The van der Waals surface area contributed by atoms with Crippen molar-refractivity contribution >= 4 is 16.5 Å². The molecule has 4 heteroatoms. The fraction of sp³-hybridized carbons (Fsp3) is 0.438. The van der Waals surface area contributed by atoms with Crippen molar-refractivity contribution in [1.29, 1.82) is 0 Å². The molecule has 2 heterocycles. The summed E-state index contributed by atoms with van der Waals surface area (Å²) in [4.78, 5) is 8.52. The van der Waals surface area contributed by atoms with Crippen LogP contribution in [0, 0.1) is 6.92 Å². The Bertz CT molecular complexity index is 581. The minimum absolute atomic E-state index is 0.385. The molecule has 0 radical (unpaired) electrons. The summed E-state index contributed by atoms with van der Waals surface area (Å²) >= 11 is 1.83. The molecule has 1 N–H and O–H groups in total. The maximum Gasteiger partial charge on any atom is 0.186 e. The SMILES string of the molecule is CCNC(C)c1sc(N2Cc3ccccc3C2)nc1C. The van der Waals surface area contributed by atoms with E-state index in [-0.39, 0.29) is 0 Å². The second kappa shape index (κ2) is 5.54. The molecule has 20 heavy (non-hydrogen) atoms. The summed E-state index contributed by atoms with van der Waals surface area (Å²) in [7, 11) is 0. The largest absolute Gasteiger partial charge is 0.339 e. The topological polar surface area (TPSA) is 28.2 Å². The Morgan fingerprint density at radius 1 is 1.30 bits per heavy atom. The molecule has 1 aliphatic rings. The van der Waals surface area contributed by atoms with Gasteiger partial charge < -0.3 is 10.2 Å². The van der Waals surface area contributed by atoms with Crippen molar-refractivity contribution in [2.24, 2.45) is 0 Å². The Labute approximate surface area is 124 Å². The molecule has 0 fully saturated rings. The first kappa shape index (κ1) is 13.6. The summed E-state index contributed by atoms with van der Waals surface area (Å²) < 4.78 is 0. The molecule has 1 unspecified atom stereocenters. The first-order chi connectivity index (χ1) is 9.69. The third-order valence-corrected chi connectivity index (χ3v) is 5.24. The minimum atomic E-state index is 0.385. The predicted molar refractivity (Wildman–Crippen MR) is 85.3 cm³/mol. The molecule has 0 aliphatic carbocycles. The van der Waals surface area contributed by atoms with Gasteiger partial charge >= 0.3 is 0 Å². The van der Waals surface area contributed by atoms with Crippen LogP contribution in [0.5, 0.6) is 0 Å². The smallest absolute Gasteiger partial charge is 0.186 e. The van der Waals surface area contributed by atoms with Crippen LogP contribution in [0.15, 0.2) is 24.3 Å². The van der Waals surface area contributed by atoms with Gasteiger partial charge in [-0.15, -0.1) is 0 Å². The van der Waals surface area contributed by atoms with Crippen LogP contribution in [-0.4, -0.2) is 11.5 Å². The Balaban J connectivity index is 1.81. The number of rotatable bonds is 4. The summed E-state index contributed by atoms with van der Waals surface area (Å²) in [5, 5.41) is 4.63. The van der Waals surface area contributed by atoms with Crippen molar-refractivity contribution in [3.8, 4) is 0 Å². The van der Waals surface area contributed by atoms with Crippen LogP contribution in [0.3, 0.4) is 0 Å². The van der Waals surface area contributed by atoms with Crippen molar-refractivity contribution < 1.29 is 0 Å². The van der Waals surface area contributed by atoms with Crippen LogP contribution in [-0.2, 0) is 13.1 Å². The average molecular weight is 287 g/mol. The molecule has 106 valence electrons. The first-order valence-corrected chi connectivity index (χ1v) is 8.03. The van der Waals surface area contributed by atoms with E-state index in [2.05, 4.69) is 55.3 Å². The van der Waals surface area contributed by atoms with Crippen molar-refractivity contribution in [2.75, 3.05) is 11.4 Å². The van der Waals surface area contributed by atoms with E-state index in [4.69, 9.17) is 4.98 Å². The third-order valence-electron chi connectivity index (χ3n) is 3.84. The van der Waals surface area contributed by atoms with Gasteiger partial charge in [-0.3, -0.25) is 0 Å². The van der Waals surface area contributed by atoms with Crippen LogP contribution in [0.2, 0.25) is 0 Å². The lowest BCUT2D eigenvalue weighted by atomic mass is 10.1. The highest BCUT2D eigenvalue weighted by Gasteiger charge is 2.23. The van der Waals surface area contributed by atoms with E-state index in [0.29, 0.717) is 6.04 Å². The molecule has 1 atom stereocenters. The Morgan fingerprint density at radius 3 is 2.55 bits per heavy atom. The summed E-state index contributed by atoms with van der Waals surface area (Å²) in [6, 6.07) is 9.06. The van der Waals surface area contributed by atoms with Gasteiger partial charge in [0.05, 0.1) is 5.69 Å². The van der Waals surface area contributed by atoms with Gasteiger partial charge in [0.1, 0.15) is 0 Å².